The molecule has 0 fully saturated rings. The number of carbonyl (C=O) groups is 1. The van der Waals surface area contributed by atoms with Crippen molar-refractivity contribution in [3.63, 3.8) is 0 Å². The van der Waals surface area contributed by atoms with E-state index in [0.29, 0.717) is 18.1 Å². The Balaban J connectivity index is 1.48. The van der Waals surface area contributed by atoms with Gasteiger partial charge in [-0.3, -0.25) is 4.79 Å². The van der Waals surface area contributed by atoms with Crippen molar-refractivity contribution in [1.82, 2.24) is 5.43 Å². The van der Waals surface area contributed by atoms with Crippen LogP contribution in [0.4, 0.5) is 0 Å². The second kappa shape index (κ2) is 9.17. The molecule has 4 nitrogen and oxygen atoms in total. The smallest absolute Gasteiger partial charge is 0.245 e. The molecule has 0 spiro atoms. The Hall–Kier alpha value is -2.63. The Bertz CT molecular complexity index is 877. The standard InChI is InChI=1S/C20H17ClN2O2S/c21-19-6-2-1-4-16(19)14-25-17-9-7-15(8-10-17)13-22-23-20(24)12-18-5-3-11-26-18/h1-11,13H,12,14H2,(H,23,24)/b22-13-. The minimum Gasteiger partial charge on any atom is -0.489 e. The Morgan fingerprint density at radius 1 is 1.12 bits per heavy atom. The zero-order chi connectivity index (χ0) is 18.2. The summed E-state index contributed by atoms with van der Waals surface area (Å²) in [4.78, 5) is 12.8. The molecule has 3 rings (SSSR count). The van der Waals surface area contributed by atoms with Crippen molar-refractivity contribution in [2.75, 3.05) is 0 Å². The summed E-state index contributed by atoms with van der Waals surface area (Å²) >= 11 is 7.66. The molecule has 6 heteroatoms. The summed E-state index contributed by atoms with van der Waals surface area (Å²) in [6, 6.07) is 18.9. The molecule has 1 N–H and O–H groups in total. The van der Waals surface area contributed by atoms with Crippen LogP contribution in [-0.2, 0) is 17.8 Å². The average molecular weight is 385 g/mol. The molecule has 0 saturated carbocycles. The molecule has 2 aromatic carbocycles. The fraction of sp³-hybridized carbons (Fsp3) is 0.100. The lowest BCUT2D eigenvalue weighted by atomic mass is 10.2. The second-order valence-corrected chi connectivity index (χ2v) is 6.94. The Morgan fingerprint density at radius 3 is 2.65 bits per heavy atom. The van der Waals surface area contributed by atoms with Crippen LogP contribution in [0, 0.1) is 0 Å². The number of hydrogen-bond donors (Lipinski definition) is 1. The van der Waals surface area contributed by atoms with Gasteiger partial charge in [0.1, 0.15) is 12.4 Å². The van der Waals surface area contributed by atoms with Crippen molar-refractivity contribution in [1.29, 1.82) is 0 Å². The SMILES string of the molecule is O=C(Cc1cccs1)N/N=C\c1ccc(OCc2ccccc2Cl)cc1. The number of thiophene rings is 1. The maximum absolute atomic E-state index is 11.8. The van der Waals surface area contributed by atoms with Crippen LogP contribution in [-0.4, -0.2) is 12.1 Å². The van der Waals surface area contributed by atoms with Gasteiger partial charge in [-0.1, -0.05) is 35.9 Å². The van der Waals surface area contributed by atoms with Gasteiger partial charge in [0.2, 0.25) is 5.91 Å². The fourth-order valence-electron chi connectivity index (χ4n) is 2.22. The quantitative estimate of drug-likeness (QED) is 0.475. The van der Waals surface area contributed by atoms with Crippen LogP contribution < -0.4 is 10.2 Å². The van der Waals surface area contributed by atoms with E-state index >= 15 is 0 Å². The number of carbonyl (C=O) groups excluding carboxylic acids is 1. The van der Waals surface area contributed by atoms with Crippen molar-refractivity contribution < 1.29 is 9.53 Å². The lowest BCUT2D eigenvalue weighted by molar-refractivity contribution is -0.120. The van der Waals surface area contributed by atoms with E-state index in [0.717, 1.165) is 21.8 Å². The predicted octanol–water partition coefficient (Wildman–Crippen LogP) is 4.67. The van der Waals surface area contributed by atoms with Gasteiger partial charge < -0.3 is 4.74 Å². The lowest BCUT2D eigenvalue weighted by Crippen LogP contribution is -2.19. The van der Waals surface area contributed by atoms with Crippen molar-refractivity contribution >= 4 is 35.1 Å². The molecule has 0 atom stereocenters. The van der Waals surface area contributed by atoms with Crippen molar-refractivity contribution in [2.24, 2.45) is 5.10 Å². The molecule has 0 bridgehead atoms. The number of hydrogen-bond acceptors (Lipinski definition) is 4. The van der Waals surface area contributed by atoms with Crippen LogP contribution in [0.5, 0.6) is 5.75 Å². The second-order valence-electron chi connectivity index (χ2n) is 5.50. The summed E-state index contributed by atoms with van der Waals surface area (Å²) in [6.07, 6.45) is 1.94. The molecule has 0 aliphatic carbocycles. The molecule has 132 valence electrons. The molecule has 1 aromatic heterocycles. The van der Waals surface area contributed by atoms with Crippen LogP contribution in [0.15, 0.2) is 71.1 Å². The van der Waals surface area contributed by atoms with Crippen molar-refractivity contribution in [3.8, 4) is 5.75 Å². The van der Waals surface area contributed by atoms with Gasteiger partial charge >= 0.3 is 0 Å². The molecule has 3 aromatic rings. The van der Waals surface area contributed by atoms with E-state index in [9.17, 15) is 4.79 Å². The number of benzene rings is 2. The zero-order valence-corrected chi connectivity index (χ0v) is 15.5. The van der Waals surface area contributed by atoms with Gasteiger partial charge in [-0.05, 0) is 47.3 Å². The van der Waals surface area contributed by atoms with Crippen molar-refractivity contribution in [3.05, 3.63) is 87.1 Å². The van der Waals surface area contributed by atoms with Crippen LogP contribution in [0.3, 0.4) is 0 Å². The molecule has 0 aliphatic heterocycles. The van der Waals surface area contributed by atoms with Crippen LogP contribution in [0.2, 0.25) is 5.02 Å². The highest BCUT2D eigenvalue weighted by Crippen LogP contribution is 2.18. The summed E-state index contributed by atoms with van der Waals surface area (Å²) < 4.78 is 5.73. The molecule has 26 heavy (non-hydrogen) atoms. The molecule has 0 saturated heterocycles. The summed E-state index contributed by atoms with van der Waals surface area (Å²) in [5.74, 6) is 0.604. The van der Waals surface area contributed by atoms with Crippen LogP contribution in [0.1, 0.15) is 16.0 Å². The van der Waals surface area contributed by atoms with Gasteiger partial charge in [-0.2, -0.15) is 5.10 Å². The number of ether oxygens (including phenoxy) is 1. The van der Waals surface area contributed by atoms with E-state index in [1.807, 2.05) is 66.0 Å². The van der Waals surface area contributed by atoms with Gasteiger partial charge in [-0.15, -0.1) is 11.3 Å². The van der Waals surface area contributed by atoms with E-state index in [-0.39, 0.29) is 5.91 Å². The fourth-order valence-corrected chi connectivity index (χ4v) is 3.11. The normalized spacial score (nSPS) is 10.8. The van der Waals surface area contributed by atoms with Gasteiger partial charge in [0.15, 0.2) is 0 Å². The maximum Gasteiger partial charge on any atom is 0.245 e. The topological polar surface area (TPSA) is 50.7 Å². The average Bonchev–Trinajstić information content (AvgIpc) is 3.15. The highest BCUT2D eigenvalue weighted by molar-refractivity contribution is 7.10. The highest BCUT2D eigenvalue weighted by atomic mass is 35.5. The number of halogens is 1. The first-order valence-electron chi connectivity index (χ1n) is 8.01. The van der Waals surface area contributed by atoms with Crippen LogP contribution in [0.25, 0.3) is 0 Å². The Labute approximate surface area is 161 Å². The first-order chi connectivity index (χ1) is 12.7. The lowest BCUT2D eigenvalue weighted by Gasteiger charge is -2.07. The molecule has 0 radical (unpaired) electrons. The third kappa shape index (κ3) is 5.44. The number of rotatable bonds is 7. The molecular formula is C20H17ClN2O2S. The molecule has 1 amide bonds. The van der Waals surface area contributed by atoms with E-state index in [1.54, 1.807) is 17.6 Å². The third-order valence-electron chi connectivity index (χ3n) is 3.55. The molecule has 0 unspecified atom stereocenters. The van der Waals surface area contributed by atoms with E-state index < -0.39 is 0 Å². The molecule has 0 aliphatic rings. The van der Waals surface area contributed by atoms with E-state index in [1.165, 1.54) is 0 Å². The molecule has 1 heterocycles. The third-order valence-corrected chi connectivity index (χ3v) is 4.80. The zero-order valence-electron chi connectivity index (χ0n) is 13.9. The minimum atomic E-state index is -0.136. The Morgan fingerprint density at radius 2 is 1.92 bits per heavy atom. The first kappa shape index (κ1) is 18.2. The summed E-state index contributed by atoms with van der Waals surface area (Å²) in [6.45, 7) is 0.409. The highest BCUT2D eigenvalue weighted by Gasteiger charge is 2.03. The van der Waals surface area contributed by atoms with Crippen molar-refractivity contribution in [2.45, 2.75) is 13.0 Å². The van der Waals surface area contributed by atoms with Crippen LogP contribution >= 0.6 is 22.9 Å². The van der Waals surface area contributed by atoms with Gasteiger partial charge in [0.05, 0.1) is 12.6 Å². The maximum atomic E-state index is 11.8. The monoisotopic (exact) mass is 384 g/mol. The summed E-state index contributed by atoms with van der Waals surface area (Å²) in [7, 11) is 0. The van der Waals surface area contributed by atoms with E-state index in [2.05, 4.69) is 10.5 Å². The number of nitrogens with zero attached hydrogens (tertiary/aromatic N) is 1. The van der Waals surface area contributed by atoms with E-state index in [4.69, 9.17) is 16.3 Å². The summed E-state index contributed by atoms with van der Waals surface area (Å²) in [5.41, 5.74) is 4.33. The first-order valence-corrected chi connectivity index (χ1v) is 9.27. The molecular weight excluding hydrogens is 368 g/mol. The number of hydrazone groups is 1. The van der Waals surface area contributed by atoms with Gasteiger partial charge in [-0.25, -0.2) is 5.43 Å². The summed E-state index contributed by atoms with van der Waals surface area (Å²) in [5, 5.41) is 6.61. The largest absolute Gasteiger partial charge is 0.489 e. The minimum absolute atomic E-state index is 0.136. The van der Waals surface area contributed by atoms with Gasteiger partial charge in [0, 0.05) is 15.5 Å². The predicted molar refractivity (Wildman–Crippen MR) is 106 cm³/mol. The van der Waals surface area contributed by atoms with Gasteiger partial charge in [0.25, 0.3) is 0 Å². The number of nitrogens with one attached hydrogen (secondary N) is 1. The Kier molecular flexibility index (Phi) is 6.41. The number of amides is 1.